The number of methoxy groups -OCH3 is 2. The Hall–Kier alpha value is -4.30. The van der Waals surface area contributed by atoms with Gasteiger partial charge in [0.05, 0.1) is 38.6 Å². The van der Waals surface area contributed by atoms with Crippen molar-refractivity contribution in [1.82, 2.24) is 10.2 Å². The maximum atomic E-state index is 13.0. The fourth-order valence-electron chi connectivity index (χ4n) is 6.29. The Morgan fingerprint density at radius 3 is 2.60 bits per heavy atom. The standard InChI is InChI=1S/C33H46N4O10/c1-33(2,31(38)34-12-16-47-37(41)42)20-25-19-27(24-7-9-26(44-4)10-8-24)30(21-36(25)32(39)40)46-22-23-6-11-29-28(18-23)35(14-17-45-29)13-5-15-43-3/h6-11,18,25,27,30H,5,12-17,19-22H2,1-4H3,(H,34,38)(H,39,40)/t25-,27+,30-/m0/s1. The summed E-state index contributed by atoms with van der Waals surface area (Å²) in [7, 11) is 3.29. The molecule has 4 rings (SSSR count). The monoisotopic (exact) mass is 658 g/mol. The second-order valence-corrected chi connectivity index (χ2v) is 12.4. The van der Waals surface area contributed by atoms with Crippen LogP contribution < -0.4 is 19.7 Å². The van der Waals surface area contributed by atoms with Crippen LogP contribution in [0.25, 0.3) is 0 Å². The van der Waals surface area contributed by atoms with Crippen LogP contribution >= 0.6 is 0 Å². The number of hydrogen-bond acceptors (Lipinski definition) is 10. The third-order valence-corrected chi connectivity index (χ3v) is 8.75. The Morgan fingerprint density at radius 2 is 1.91 bits per heavy atom. The molecule has 2 aromatic rings. The van der Waals surface area contributed by atoms with Crippen molar-refractivity contribution < 1.29 is 43.6 Å². The van der Waals surface area contributed by atoms with Gasteiger partial charge in [-0.15, -0.1) is 10.1 Å². The lowest BCUT2D eigenvalue weighted by atomic mass is 9.76. The molecule has 47 heavy (non-hydrogen) atoms. The number of carboxylic acid groups (broad SMARTS) is 1. The molecule has 1 saturated heterocycles. The van der Waals surface area contributed by atoms with E-state index in [0.717, 1.165) is 42.1 Å². The van der Waals surface area contributed by atoms with Gasteiger partial charge in [0.2, 0.25) is 5.91 Å². The fourth-order valence-corrected chi connectivity index (χ4v) is 6.29. The number of rotatable bonds is 16. The van der Waals surface area contributed by atoms with Crippen molar-refractivity contribution in [3.63, 3.8) is 0 Å². The highest BCUT2D eigenvalue weighted by Gasteiger charge is 2.43. The maximum Gasteiger partial charge on any atom is 0.407 e. The first-order valence-electron chi connectivity index (χ1n) is 15.8. The smallest absolute Gasteiger partial charge is 0.407 e. The highest BCUT2D eigenvalue weighted by molar-refractivity contribution is 5.82. The van der Waals surface area contributed by atoms with Crippen LogP contribution in [-0.4, -0.2) is 99.5 Å². The molecule has 1 fully saturated rings. The summed E-state index contributed by atoms with van der Waals surface area (Å²) < 4.78 is 23.0. The number of hydrogen-bond donors (Lipinski definition) is 2. The Kier molecular flexibility index (Phi) is 12.5. The van der Waals surface area contributed by atoms with Crippen LogP contribution in [0.3, 0.4) is 0 Å². The third-order valence-electron chi connectivity index (χ3n) is 8.75. The highest BCUT2D eigenvalue weighted by Crippen LogP contribution is 2.40. The van der Waals surface area contributed by atoms with Gasteiger partial charge < -0.3 is 44.0 Å². The summed E-state index contributed by atoms with van der Waals surface area (Å²) in [4.78, 5) is 44.0. The second-order valence-electron chi connectivity index (χ2n) is 12.4. The predicted octanol–water partition coefficient (Wildman–Crippen LogP) is 4.09. The molecule has 2 aliphatic heterocycles. The average Bonchev–Trinajstić information content (AvgIpc) is 3.05. The average molecular weight is 659 g/mol. The number of ether oxygens (including phenoxy) is 4. The first-order valence-corrected chi connectivity index (χ1v) is 15.8. The lowest BCUT2D eigenvalue weighted by Gasteiger charge is -2.45. The number of piperidine rings is 1. The molecule has 0 spiro atoms. The Morgan fingerprint density at radius 1 is 1.15 bits per heavy atom. The molecule has 2 N–H and O–H groups in total. The van der Waals surface area contributed by atoms with Crippen molar-refractivity contribution in [1.29, 1.82) is 0 Å². The van der Waals surface area contributed by atoms with E-state index in [1.165, 1.54) is 4.90 Å². The molecule has 2 heterocycles. The number of fused-ring (bicyclic) bond motifs is 1. The largest absolute Gasteiger partial charge is 0.497 e. The number of likely N-dealkylation sites (tertiary alicyclic amines) is 1. The van der Waals surface area contributed by atoms with Gasteiger partial charge in [-0.3, -0.25) is 4.79 Å². The van der Waals surface area contributed by atoms with E-state index in [1.807, 2.05) is 36.4 Å². The maximum absolute atomic E-state index is 13.0. The van der Waals surface area contributed by atoms with Crippen LogP contribution in [0, 0.1) is 15.5 Å². The molecule has 258 valence electrons. The van der Waals surface area contributed by atoms with E-state index < -0.39 is 28.7 Å². The number of nitrogens with one attached hydrogen (secondary N) is 1. The van der Waals surface area contributed by atoms with Gasteiger partial charge in [-0.25, -0.2) is 4.79 Å². The van der Waals surface area contributed by atoms with E-state index in [2.05, 4.69) is 21.1 Å². The van der Waals surface area contributed by atoms with Crippen molar-refractivity contribution in [3.05, 3.63) is 63.7 Å². The molecule has 0 bridgehead atoms. The lowest BCUT2D eigenvalue weighted by molar-refractivity contribution is -0.757. The third kappa shape index (κ3) is 9.61. The zero-order chi connectivity index (χ0) is 34.0. The molecule has 0 aliphatic carbocycles. The molecule has 2 aliphatic rings. The van der Waals surface area contributed by atoms with Gasteiger partial charge in [0.1, 0.15) is 24.7 Å². The number of anilines is 1. The summed E-state index contributed by atoms with van der Waals surface area (Å²) in [6.07, 6.45) is 0.00490. The van der Waals surface area contributed by atoms with Crippen molar-refractivity contribution in [2.45, 2.75) is 57.8 Å². The van der Waals surface area contributed by atoms with E-state index in [-0.39, 0.29) is 44.5 Å². The summed E-state index contributed by atoms with van der Waals surface area (Å²) in [6, 6.07) is 13.2. The summed E-state index contributed by atoms with van der Waals surface area (Å²) in [5.74, 6) is 1.01. The van der Waals surface area contributed by atoms with E-state index >= 15 is 0 Å². The lowest BCUT2D eigenvalue weighted by Crippen LogP contribution is -2.54. The minimum absolute atomic E-state index is 0.0410. The molecule has 0 radical (unpaired) electrons. The van der Waals surface area contributed by atoms with Crippen LogP contribution in [0.5, 0.6) is 11.5 Å². The van der Waals surface area contributed by atoms with Crippen molar-refractivity contribution >= 4 is 17.7 Å². The first kappa shape index (κ1) is 35.6. The van der Waals surface area contributed by atoms with Gasteiger partial charge in [-0.05, 0) is 54.7 Å². The normalized spacial score (nSPS) is 19.4. The summed E-state index contributed by atoms with van der Waals surface area (Å²) in [5, 5.41) is 22.5. The van der Waals surface area contributed by atoms with Gasteiger partial charge in [-0.2, -0.15) is 0 Å². The number of carbonyl (C=O) groups is 2. The Labute approximate surface area is 275 Å². The van der Waals surface area contributed by atoms with Crippen LogP contribution in [-0.2, 0) is 25.7 Å². The molecular weight excluding hydrogens is 612 g/mol. The van der Waals surface area contributed by atoms with Crippen LogP contribution in [0.4, 0.5) is 10.5 Å². The van der Waals surface area contributed by atoms with Gasteiger partial charge >= 0.3 is 6.09 Å². The number of amides is 2. The molecule has 2 amide bonds. The van der Waals surface area contributed by atoms with Gasteiger partial charge in [0.15, 0.2) is 0 Å². The molecule has 14 heteroatoms. The van der Waals surface area contributed by atoms with E-state index in [1.54, 1.807) is 28.1 Å². The van der Waals surface area contributed by atoms with E-state index in [0.29, 0.717) is 25.4 Å². The minimum atomic E-state index is -1.09. The van der Waals surface area contributed by atoms with E-state index in [4.69, 9.17) is 18.9 Å². The van der Waals surface area contributed by atoms with Gasteiger partial charge in [0, 0.05) is 44.2 Å². The number of benzene rings is 2. The van der Waals surface area contributed by atoms with Crippen LogP contribution in [0.15, 0.2) is 42.5 Å². The van der Waals surface area contributed by atoms with E-state index in [9.17, 15) is 24.8 Å². The summed E-state index contributed by atoms with van der Waals surface area (Å²) >= 11 is 0. The number of carbonyl (C=O) groups excluding carboxylic acids is 1. The topological polar surface area (TPSA) is 162 Å². The zero-order valence-corrected chi connectivity index (χ0v) is 27.5. The van der Waals surface area contributed by atoms with Gasteiger partial charge in [-0.1, -0.05) is 32.0 Å². The minimum Gasteiger partial charge on any atom is -0.497 e. The molecule has 0 saturated carbocycles. The van der Waals surface area contributed by atoms with Crippen LogP contribution in [0.1, 0.15) is 50.2 Å². The van der Waals surface area contributed by atoms with Crippen molar-refractivity contribution in [2.75, 3.05) is 65.1 Å². The second kappa shape index (κ2) is 16.5. The van der Waals surface area contributed by atoms with Gasteiger partial charge in [0.25, 0.3) is 5.09 Å². The Bertz CT molecular complexity index is 1360. The quantitative estimate of drug-likeness (QED) is 0.152. The molecule has 14 nitrogen and oxygen atoms in total. The van der Waals surface area contributed by atoms with Crippen molar-refractivity contribution in [3.8, 4) is 11.5 Å². The molecule has 0 unspecified atom stereocenters. The SMILES string of the molecule is COCCCN1CCOc2ccc(CO[C@H]3CN(C(=O)O)[C@H](CC(C)(C)C(=O)NCCO[N+](=O)[O-])C[C@@H]3c3ccc(OC)cc3)cc21. The molecule has 3 atom stereocenters. The summed E-state index contributed by atoms with van der Waals surface area (Å²) in [5.41, 5.74) is 1.96. The fraction of sp³-hybridized carbons (Fsp3) is 0.576. The molecular formula is C33H46N4O10. The number of nitrogens with zero attached hydrogens (tertiary/aromatic N) is 3. The molecule has 2 aromatic carbocycles. The molecule has 0 aromatic heterocycles. The summed E-state index contributed by atoms with van der Waals surface area (Å²) in [6.45, 7) is 6.44. The Balaban J connectivity index is 1.52. The predicted molar refractivity (Wildman–Crippen MR) is 172 cm³/mol. The van der Waals surface area contributed by atoms with Crippen LogP contribution in [0.2, 0.25) is 0 Å². The zero-order valence-electron chi connectivity index (χ0n) is 27.5. The highest BCUT2D eigenvalue weighted by atomic mass is 16.9. The van der Waals surface area contributed by atoms with Crippen molar-refractivity contribution in [2.24, 2.45) is 5.41 Å². The first-order chi connectivity index (χ1) is 22.5.